The number of carboxylic acid groups (broad SMARTS) is 1. The van der Waals surface area contributed by atoms with Crippen LogP contribution in [0.2, 0.25) is 0 Å². The second kappa shape index (κ2) is 5.31. The lowest BCUT2D eigenvalue weighted by atomic mass is 9.75. The Morgan fingerprint density at radius 2 is 1.80 bits per heavy atom. The Balaban J connectivity index is 2.03. The molecule has 5 heteroatoms. The lowest BCUT2D eigenvalue weighted by molar-refractivity contribution is 0.0591. The summed E-state index contributed by atoms with van der Waals surface area (Å²) in [6.45, 7) is 4.49. The van der Waals surface area contributed by atoms with Gasteiger partial charge in [0.05, 0.1) is 0 Å². The number of carboxylic acids is 1. The van der Waals surface area contributed by atoms with Crippen LogP contribution < -0.4 is 0 Å². The second-order valence-electron chi connectivity index (χ2n) is 6.28. The highest BCUT2D eigenvalue weighted by Gasteiger charge is 2.31. The molecule has 2 rings (SSSR count). The van der Waals surface area contributed by atoms with Crippen molar-refractivity contribution >= 4 is 11.9 Å². The molecular weight excluding hydrogens is 258 g/mol. The van der Waals surface area contributed by atoms with Gasteiger partial charge in [0.2, 0.25) is 5.76 Å². The van der Waals surface area contributed by atoms with Gasteiger partial charge < -0.3 is 14.4 Å². The molecule has 1 N–H and O–H groups in total. The second-order valence-corrected chi connectivity index (χ2v) is 6.28. The van der Waals surface area contributed by atoms with Crippen molar-refractivity contribution in [3.63, 3.8) is 0 Å². The minimum absolute atomic E-state index is 0.0923. The van der Waals surface area contributed by atoms with E-state index in [0.717, 1.165) is 25.7 Å². The lowest BCUT2D eigenvalue weighted by Gasteiger charge is -2.38. The maximum absolute atomic E-state index is 12.3. The van der Waals surface area contributed by atoms with Crippen LogP contribution in [0, 0.1) is 5.41 Å². The SMILES string of the molecule is CN(C(=O)c1ccc(C(=O)O)o1)C1CCC(C)(C)CC1. The molecule has 0 atom stereocenters. The molecule has 0 aliphatic heterocycles. The summed E-state index contributed by atoms with van der Waals surface area (Å²) < 4.78 is 5.07. The van der Waals surface area contributed by atoms with E-state index in [0.29, 0.717) is 5.41 Å². The van der Waals surface area contributed by atoms with Gasteiger partial charge in [-0.25, -0.2) is 4.79 Å². The number of hydrogen-bond donors (Lipinski definition) is 1. The van der Waals surface area contributed by atoms with E-state index in [1.807, 2.05) is 0 Å². The zero-order chi connectivity index (χ0) is 14.9. The largest absolute Gasteiger partial charge is 0.475 e. The van der Waals surface area contributed by atoms with Crippen molar-refractivity contribution in [1.82, 2.24) is 4.90 Å². The van der Waals surface area contributed by atoms with Crippen molar-refractivity contribution in [2.75, 3.05) is 7.05 Å². The predicted molar refractivity (Wildman–Crippen MR) is 73.8 cm³/mol. The average Bonchev–Trinajstić information content (AvgIpc) is 2.86. The van der Waals surface area contributed by atoms with Crippen LogP contribution >= 0.6 is 0 Å². The van der Waals surface area contributed by atoms with E-state index in [1.54, 1.807) is 11.9 Å². The van der Waals surface area contributed by atoms with E-state index in [-0.39, 0.29) is 23.5 Å². The number of furan rings is 1. The first-order chi connectivity index (χ1) is 9.30. The molecule has 1 aliphatic carbocycles. The molecule has 20 heavy (non-hydrogen) atoms. The number of amides is 1. The highest BCUT2D eigenvalue weighted by Crippen LogP contribution is 2.36. The van der Waals surface area contributed by atoms with Gasteiger partial charge in [0, 0.05) is 13.1 Å². The van der Waals surface area contributed by atoms with Gasteiger partial charge in [-0.05, 0) is 43.2 Å². The summed E-state index contributed by atoms with van der Waals surface area (Å²) in [5, 5.41) is 8.81. The van der Waals surface area contributed by atoms with Gasteiger partial charge in [-0.1, -0.05) is 13.8 Å². The number of carbonyl (C=O) groups excluding carboxylic acids is 1. The predicted octanol–water partition coefficient (Wildman–Crippen LogP) is 3.02. The van der Waals surface area contributed by atoms with Gasteiger partial charge in [-0.2, -0.15) is 0 Å². The third-order valence-electron chi connectivity index (χ3n) is 4.20. The van der Waals surface area contributed by atoms with Crippen LogP contribution in [0.15, 0.2) is 16.5 Å². The zero-order valence-electron chi connectivity index (χ0n) is 12.2. The van der Waals surface area contributed by atoms with Crippen LogP contribution in [0.25, 0.3) is 0 Å². The first kappa shape index (κ1) is 14.6. The molecule has 1 aromatic rings. The quantitative estimate of drug-likeness (QED) is 0.923. The van der Waals surface area contributed by atoms with Crippen LogP contribution in [0.4, 0.5) is 0 Å². The maximum Gasteiger partial charge on any atom is 0.371 e. The molecule has 5 nitrogen and oxygen atoms in total. The summed E-state index contributed by atoms with van der Waals surface area (Å²) in [6, 6.07) is 2.94. The van der Waals surface area contributed by atoms with Gasteiger partial charge in [0.1, 0.15) is 0 Å². The molecule has 1 saturated carbocycles. The third-order valence-corrected chi connectivity index (χ3v) is 4.20. The summed E-state index contributed by atoms with van der Waals surface area (Å²) in [5.41, 5.74) is 0.349. The number of carbonyl (C=O) groups is 2. The molecular formula is C15H21NO4. The van der Waals surface area contributed by atoms with Crippen molar-refractivity contribution in [3.8, 4) is 0 Å². The monoisotopic (exact) mass is 279 g/mol. The fourth-order valence-corrected chi connectivity index (χ4v) is 2.68. The maximum atomic E-state index is 12.3. The topological polar surface area (TPSA) is 70.8 Å². The molecule has 1 heterocycles. The first-order valence-electron chi connectivity index (χ1n) is 6.90. The molecule has 1 amide bonds. The molecule has 0 aromatic carbocycles. The number of hydrogen-bond acceptors (Lipinski definition) is 3. The standard InChI is InChI=1S/C15H21NO4/c1-15(2)8-6-10(7-9-15)16(3)13(17)11-4-5-12(20-11)14(18)19/h4-5,10H,6-9H2,1-3H3,(H,18,19). The number of nitrogens with zero attached hydrogens (tertiary/aromatic N) is 1. The summed E-state index contributed by atoms with van der Waals surface area (Å²) >= 11 is 0. The van der Waals surface area contributed by atoms with Crippen molar-refractivity contribution in [3.05, 3.63) is 23.7 Å². The molecule has 1 aromatic heterocycles. The summed E-state index contributed by atoms with van der Waals surface area (Å²) in [5.74, 6) is -1.52. The molecule has 0 unspecified atom stereocenters. The Kier molecular flexibility index (Phi) is 3.88. The lowest BCUT2D eigenvalue weighted by Crippen LogP contribution is -2.40. The van der Waals surface area contributed by atoms with E-state index in [4.69, 9.17) is 9.52 Å². The van der Waals surface area contributed by atoms with E-state index in [1.165, 1.54) is 12.1 Å². The van der Waals surface area contributed by atoms with Crippen LogP contribution in [-0.4, -0.2) is 35.0 Å². The Morgan fingerprint density at radius 1 is 1.25 bits per heavy atom. The van der Waals surface area contributed by atoms with Crippen LogP contribution in [0.1, 0.15) is 60.6 Å². The summed E-state index contributed by atoms with van der Waals surface area (Å²) in [7, 11) is 1.76. The van der Waals surface area contributed by atoms with Crippen LogP contribution in [0.5, 0.6) is 0 Å². The summed E-state index contributed by atoms with van der Waals surface area (Å²) in [6.07, 6.45) is 4.13. The van der Waals surface area contributed by atoms with Crippen molar-refractivity contribution < 1.29 is 19.1 Å². The summed E-state index contributed by atoms with van der Waals surface area (Å²) in [4.78, 5) is 24.7. The van der Waals surface area contributed by atoms with Crippen molar-refractivity contribution in [2.24, 2.45) is 5.41 Å². The Bertz CT molecular complexity index is 508. The molecule has 110 valence electrons. The van der Waals surface area contributed by atoms with Gasteiger partial charge in [0.15, 0.2) is 5.76 Å². The highest BCUT2D eigenvalue weighted by molar-refractivity contribution is 5.93. The molecule has 1 aliphatic rings. The van der Waals surface area contributed by atoms with E-state index >= 15 is 0 Å². The highest BCUT2D eigenvalue weighted by atomic mass is 16.4. The Labute approximate surface area is 118 Å². The van der Waals surface area contributed by atoms with E-state index in [2.05, 4.69) is 13.8 Å². The normalized spacial score (nSPS) is 18.8. The molecule has 0 radical (unpaired) electrons. The first-order valence-corrected chi connectivity index (χ1v) is 6.90. The fraction of sp³-hybridized carbons (Fsp3) is 0.600. The van der Waals surface area contributed by atoms with Crippen molar-refractivity contribution in [2.45, 2.75) is 45.6 Å². The third kappa shape index (κ3) is 3.03. The Hall–Kier alpha value is -1.78. The molecule has 1 fully saturated rings. The number of aromatic carboxylic acids is 1. The Morgan fingerprint density at radius 3 is 2.30 bits per heavy atom. The van der Waals surface area contributed by atoms with E-state index < -0.39 is 5.97 Å². The van der Waals surface area contributed by atoms with Crippen LogP contribution in [-0.2, 0) is 0 Å². The molecule has 0 saturated heterocycles. The minimum atomic E-state index is -1.16. The van der Waals surface area contributed by atoms with Crippen LogP contribution in [0.3, 0.4) is 0 Å². The van der Waals surface area contributed by atoms with Gasteiger partial charge in [-0.15, -0.1) is 0 Å². The molecule has 0 spiro atoms. The van der Waals surface area contributed by atoms with Gasteiger partial charge in [-0.3, -0.25) is 4.79 Å². The zero-order valence-corrected chi connectivity index (χ0v) is 12.2. The van der Waals surface area contributed by atoms with Gasteiger partial charge >= 0.3 is 5.97 Å². The molecule has 0 bridgehead atoms. The van der Waals surface area contributed by atoms with Gasteiger partial charge in [0.25, 0.3) is 5.91 Å². The minimum Gasteiger partial charge on any atom is -0.475 e. The number of rotatable bonds is 3. The fourth-order valence-electron chi connectivity index (χ4n) is 2.68. The smallest absolute Gasteiger partial charge is 0.371 e. The average molecular weight is 279 g/mol. The van der Waals surface area contributed by atoms with E-state index in [9.17, 15) is 9.59 Å². The van der Waals surface area contributed by atoms with Crippen molar-refractivity contribution in [1.29, 1.82) is 0 Å².